The number of aromatic nitrogens is 1. The molecule has 1 aromatic heterocycles. The molecule has 0 saturated heterocycles. The summed E-state index contributed by atoms with van der Waals surface area (Å²) < 4.78 is 27.8. The first-order valence-corrected chi connectivity index (χ1v) is 7.02. The van der Waals surface area contributed by atoms with Gasteiger partial charge in [-0.3, -0.25) is 0 Å². The van der Waals surface area contributed by atoms with Gasteiger partial charge in [-0.2, -0.15) is 0 Å². The SMILES string of the molecule is CCCNc1cccc(Nc2c(F)cc(Br)cc2F)n1. The molecule has 0 atom stereocenters. The van der Waals surface area contributed by atoms with Gasteiger partial charge in [0.05, 0.1) is 0 Å². The Hall–Kier alpha value is -1.69. The van der Waals surface area contributed by atoms with Gasteiger partial charge in [-0.15, -0.1) is 0 Å². The van der Waals surface area contributed by atoms with Gasteiger partial charge in [-0.05, 0) is 30.7 Å². The van der Waals surface area contributed by atoms with Gasteiger partial charge in [0.25, 0.3) is 0 Å². The van der Waals surface area contributed by atoms with E-state index in [-0.39, 0.29) is 5.69 Å². The van der Waals surface area contributed by atoms with Gasteiger partial charge < -0.3 is 10.6 Å². The van der Waals surface area contributed by atoms with Crippen molar-refractivity contribution < 1.29 is 8.78 Å². The molecule has 2 N–H and O–H groups in total. The lowest BCUT2D eigenvalue weighted by atomic mass is 10.3. The monoisotopic (exact) mass is 341 g/mol. The molecule has 0 bridgehead atoms. The third-order valence-electron chi connectivity index (χ3n) is 2.57. The second-order valence-corrected chi connectivity index (χ2v) is 5.12. The molecule has 1 aromatic carbocycles. The Kier molecular flexibility index (Phi) is 4.89. The van der Waals surface area contributed by atoms with Crippen molar-refractivity contribution in [3.8, 4) is 0 Å². The van der Waals surface area contributed by atoms with E-state index in [1.165, 1.54) is 12.1 Å². The highest BCUT2D eigenvalue weighted by atomic mass is 79.9. The van der Waals surface area contributed by atoms with Crippen LogP contribution in [-0.4, -0.2) is 11.5 Å². The molecule has 0 fully saturated rings. The smallest absolute Gasteiger partial charge is 0.150 e. The van der Waals surface area contributed by atoms with Crippen LogP contribution in [0.4, 0.5) is 26.1 Å². The number of anilines is 3. The first-order valence-electron chi connectivity index (χ1n) is 6.22. The first kappa shape index (κ1) is 14.7. The van der Waals surface area contributed by atoms with Crippen LogP contribution >= 0.6 is 15.9 Å². The van der Waals surface area contributed by atoms with E-state index in [9.17, 15) is 8.78 Å². The average molecular weight is 342 g/mol. The van der Waals surface area contributed by atoms with Crippen molar-refractivity contribution in [1.29, 1.82) is 0 Å². The maximum Gasteiger partial charge on any atom is 0.150 e. The molecule has 106 valence electrons. The number of rotatable bonds is 5. The van der Waals surface area contributed by atoms with Gasteiger partial charge in [0.15, 0.2) is 11.6 Å². The predicted molar refractivity (Wildman–Crippen MR) is 80.4 cm³/mol. The number of pyridine rings is 1. The highest BCUT2D eigenvalue weighted by molar-refractivity contribution is 9.10. The van der Waals surface area contributed by atoms with Gasteiger partial charge in [0.2, 0.25) is 0 Å². The Morgan fingerprint density at radius 3 is 2.45 bits per heavy atom. The van der Waals surface area contributed by atoms with Crippen molar-refractivity contribution in [2.75, 3.05) is 17.2 Å². The normalized spacial score (nSPS) is 10.4. The van der Waals surface area contributed by atoms with E-state index < -0.39 is 11.6 Å². The largest absolute Gasteiger partial charge is 0.370 e. The molecule has 0 aliphatic carbocycles. The molecule has 0 radical (unpaired) electrons. The number of nitrogens with zero attached hydrogens (tertiary/aromatic N) is 1. The van der Waals surface area contributed by atoms with Crippen molar-refractivity contribution in [2.45, 2.75) is 13.3 Å². The maximum atomic E-state index is 13.7. The standard InChI is InChI=1S/C14H14BrF2N3/c1-2-6-18-12-4-3-5-13(19-12)20-14-10(16)7-9(15)8-11(14)17/h3-5,7-8H,2,6H2,1H3,(H2,18,19,20). The molecule has 0 amide bonds. The van der Waals surface area contributed by atoms with Crippen molar-refractivity contribution in [3.05, 3.63) is 46.4 Å². The molecule has 1 heterocycles. The van der Waals surface area contributed by atoms with Crippen LogP contribution < -0.4 is 10.6 Å². The molecule has 2 aromatic rings. The Morgan fingerprint density at radius 1 is 1.15 bits per heavy atom. The molecule has 3 nitrogen and oxygen atoms in total. The van der Waals surface area contributed by atoms with Crippen LogP contribution in [0.5, 0.6) is 0 Å². The zero-order valence-corrected chi connectivity index (χ0v) is 12.5. The summed E-state index contributed by atoms with van der Waals surface area (Å²) in [6, 6.07) is 7.62. The summed E-state index contributed by atoms with van der Waals surface area (Å²) in [4.78, 5) is 4.24. The Morgan fingerprint density at radius 2 is 1.80 bits per heavy atom. The predicted octanol–water partition coefficient (Wildman–Crippen LogP) is 4.69. The van der Waals surface area contributed by atoms with E-state index in [4.69, 9.17) is 0 Å². The number of halogens is 3. The van der Waals surface area contributed by atoms with Gasteiger partial charge >= 0.3 is 0 Å². The van der Waals surface area contributed by atoms with Crippen LogP contribution in [0.15, 0.2) is 34.8 Å². The summed E-state index contributed by atoms with van der Waals surface area (Å²) in [7, 11) is 0. The van der Waals surface area contributed by atoms with Crippen LogP contribution in [0.25, 0.3) is 0 Å². The van der Waals surface area contributed by atoms with Gasteiger partial charge in [-0.1, -0.05) is 28.9 Å². The lowest BCUT2D eigenvalue weighted by Gasteiger charge is -2.10. The van der Waals surface area contributed by atoms with Crippen LogP contribution in [0, 0.1) is 11.6 Å². The fourth-order valence-corrected chi connectivity index (χ4v) is 2.05. The number of benzene rings is 1. The minimum Gasteiger partial charge on any atom is -0.370 e. The zero-order valence-electron chi connectivity index (χ0n) is 10.9. The van der Waals surface area contributed by atoms with E-state index in [1.807, 2.05) is 6.92 Å². The minimum absolute atomic E-state index is 0.214. The van der Waals surface area contributed by atoms with E-state index >= 15 is 0 Å². The summed E-state index contributed by atoms with van der Waals surface area (Å²) in [6.45, 7) is 2.83. The summed E-state index contributed by atoms with van der Waals surface area (Å²) in [5, 5.41) is 5.78. The molecule has 0 aliphatic rings. The minimum atomic E-state index is -0.675. The number of hydrogen-bond acceptors (Lipinski definition) is 3. The Labute approximate surface area is 124 Å². The molecule has 2 rings (SSSR count). The van der Waals surface area contributed by atoms with E-state index in [1.54, 1.807) is 18.2 Å². The lowest BCUT2D eigenvalue weighted by molar-refractivity contribution is 0.589. The third-order valence-corrected chi connectivity index (χ3v) is 3.02. The molecule has 0 unspecified atom stereocenters. The summed E-state index contributed by atoms with van der Waals surface area (Å²) >= 11 is 3.04. The molecule has 6 heteroatoms. The maximum absolute atomic E-state index is 13.7. The van der Waals surface area contributed by atoms with Crippen molar-refractivity contribution in [2.24, 2.45) is 0 Å². The summed E-state index contributed by atoms with van der Waals surface area (Å²) in [5.41, 5.74) is -0.214. The highest BCUT2D eigenvalue weighted by Gasteiger charge is 2.11. The molecule has 0 saturated carbocycles. The molecule has 20 heavy (non-hydrogen) atoms. The van der Waals surface area contributed by atoms with E-state index in [2.05, 4.69) is 31.5 Å². The Balaban J connectivity index is 2.22. The van der Waals surface area contributed by atoms with Crippen LogP contribution in [0.1, 0.15) is 13.3 Å². The van der Waals surface area contributed by atoms with Crippen molar-refractivity contribution >= 4 is 33.3 Å². The number of nitrogens with one attached hydrogen (secondary N) is 2. The topological polar surface area (TPSA) is 37.0 Å². The summed E-state index contributed by atoms with van der Waals surface area (Å²) in [6.07, 6.45) is 0.968. The van der Waals surface area contributed by atoms with E-state index in [0.29, 0.717) is 16.1 Å². The molecule has 0 spiro atoms. The first-order chi connectivity index (χ1) is 9.60. The van der Waals surface area contributed by atoms with Crippen molar-refractivity contribution in [1.82, 2.24) is 4.98 Å². The number of hydrogen-bond donors (Lipinski definition) is 2. The second kappa shape index (κ2) is 6.65. The van der Waals surface area contributed by atoms with Crippen LogP contribution in [-0.2, 0) is 0 Å². The molecule has 0 aliphatic heterocycles. The third kappa shape index (κ3) is 3.66. The average Bonchev–Trinajstić information content (AvgIpc) is 2.41. The lowest BCUT2D eigenvalue weighted by Crippen LogP contribution is -2.04. The second-order valence-electron chi connectivity index (χ2n) is 4.20. The summed E-state index contributed by atoms with van der Waals surface area (Å²) in [5.74, 6) is -0.308. The quantitative estimate of drug-likeness (QED) is 0.828. The fraction of sp³-hybridized carbons (Fsp3) is 0.214. The molecular weight excluding hydrogens is 328 g/mol. The van der Waals surface area contributed by atoms with E-state index in [0.717, 1.165) is 13.0 Å². The van der Waals surface area contributed by atoms with Gasteiger partial charge in [-0.25, -0.2) is 13.8 Å². The fourth-order valence-electron chi connectivity index (χ4n) is 1.65. The zero-order chi connectivity index (χ0) is 14.5. The van der Waals surface area contributed by atoms with Crippen molar-refractivity contribution in [3.63, 3.8) is 0 Å². The van der Waals surface area contributed by atoms with Gasteiger partial charge in [0, 0.05) is 11.0 Å². The molecular formula is C14H14BrF2N3. The highest BCUT2D eigenvalue weighted by Crippen LogP contribution is 2.26. The van der Waals surface area contributed by atoms with Crippen LogP contribution in [0.3, 0.4) is 0 Å². The van der Waals surface area contributed by atoms with Crippen LogP contribution in [0.2, 0.25) is 0 Å². The Bertz CT molecular complexity index is 582. The van der Waals surface area contributed by atoms with Gasteiger partial charge in [0.1, 0.15) is 17.3 Å².